The summed E-state index contributed by atoms with van der Waals surface area (Å²) in [5, 5.41) is 3.44. The Morgan fingerprint density at radius 3 is 2.43 bits per heavy atom. The van der Waals surface area contributed by atoms with Gasteiger partial charge in [-0.05, 0) is 41.6 Å². The minimum atomic E-state index is 0.281. The van der Waals surface area contributed by atoms with Gasteiger partial charge in [0.05, 0.1) is 13.2 Å². The zero-order chi connectivity index (χ0) is 16.1. The van der Waals surface area contributed by atoms with E-state index in [9.17, 15) is 0 Å². The van der Waals surface area contributed by atoms with E-state index in [-0.39, 0.29) is 6.04 Å². The zero-order valence-electron chi connectivity index (χ0n) is 13.8. The van der Waals surface area contributed by atoms with E-state index in [1.165, 1.54) is 16.0 Å². The first-order valence-electron chi connectivity index (χ1n) is 8.04. The summed E-state index contributed by atoms with van der Waals surface area (Å²) >= 11 is 1.78. The van der Waals surface area contributed by atoms with Crippen LogP contribution in [-0.4, -0.2) is 44.4 Å². The van der Waals surface area contributed by atoms with Crippen LogP contribution in [0.25, 0.3) is 0 Å². The fourth-order valence-corrected chi connectivity index (χ4v) is 3.56. The molecule has 2 aromatic rings. The predicted octanol–water partition coefficient (Wildman–Crippen LogP) is 3.41. The van der Waals surface area contributed by atoms with Gasteiger partial charge in [-0.15, -0.1) is 11.8 Å². The summed E-state index contributed by atoms with van der Waals surface area (Å²) in [4.78, 5) is 3.86. The molecule has 0 bridgehead atoms. The lowest BCUT2D eigenvalue weighted by Crippen LogP contribution is -2.45. The molecule has 1 unspecified atom stereocenters. The lowest BCUT2D eigenvalue weighted by molar-refractivity contribution is 0.198. The number of hydrogen-bond acceptors (Lipinski definition) is 4. The molecule has 1 aliphatic heterocycles. The van der Waals surface area contributed by atoms with Crippen molar-refractivity contribution in [3.63, 3.8) is 0 Å². The number of piperazine rings is 1. The van der Waals surface area contributed by atoms with E-state index in [0.29, 0.717) is 0 Å². The van der Waals surface area contributed by atoms with Gasteiger partial charge in [0, 0.05) is 31.1 Å². The summed E-state index contributed by atoms with van der Waals surface area (Å²) in [6.07, 6.45) is 2.12. The summed E-state index contributed by atoms with van der Waals surface area (Å²) in [6, 6.07) is 17.7. The molecule has 1 aliphatic rings. The zero-order valence-corrected chi connectivity index (χ0v) is 14.6. The highest BCUT2D eigenvalue weighted by molar-refractivity contribution is 7.98. The SMILES string of the molecule is COc1cccc(C(c2ccc(SC)cc2)N2CCNCC2)c1. The highest BCUT2D eigenvalue weighted by Crippen LogP contribution is 2.32. The summed E-state index contributed by atoms with van der Waals surface area (Å²) in [6.45, 7) is 4.21. The van der Waals surface area contributed by atoms with Crippen molar-refractivity contribution in [3.05, 3.63) is 59.7 Å². The van der Waals surface area contributed by atoms with Gasteiger partial charge in [0.25, 0.3) is 0 Å². The van der Waals surface area contributed by atoms with Gasteiger partial charge in [0.1, 0.15) is 5.75 Å². The lowest BCUT2D eigenvalue weighted by atomic mass is 9.96. The first kappa shape index (κ1) is 16.4. The third-order valence-electron chi connectivity index (χ3n) is 4.36. The monoisotopic (exact) mass is 328 g/mol. The molecule has 0 aromatic heterocycles. The van der Waals surface area contributed by atoms with Crippen molar-refractivity contribution >= 4 is 11.8 Å². The Morgan fingerprint density at radius 2 is 1.78 bits per heavy atom. The van der Waals surface area contributed by atoms with Crippen LogP contribution >= 0.6 is 11.8 Å². The standard InChI is InChI=1S/C19H24N2OS/c1-22-17-5-3-4-16(14-17)19(21-12-10-20-11-13-21)15-6-8-18(23-2)9-7-15/h3-9,14,19-20H,10-13H2,1-2H3. The molecule has 0 spiro atoms. The fraction of sp³-hybridized carbons (Fsp3) is 0.368. The number of methoxy groups -OCH3 is 1. The maximum absolute atomic E-state index is 5.43. The van der Waals surface area contributed by atoms with Gasteiger partial charge in [-0.2, -0.15) is 0 Å². The maximum atomic E-state index is 5.43. The number of rotatable bonds is 5. The molecule has 0 radical (unpaired) electrons. The molecule has 23 heavy (non-hydrogen) atoms. The second-order valence-electron chi connectivity index (χ2n) is 5.74. The van der Waals surface area contributed by atoms with Crippen molar-refractivity contribution in [2.75, 3.05) is 39.5 Å². The highest BCUT2D eigenvalue weighted by atomic mass is 32.2. The first-order chi connectivity index (χ1) is 11.3. The van der Waals surface area contributed by atoms with Crippen molar-refractivity contribution in [1.29, 1.82) is 0 Å². The molecule has 1 saturated heterocycles. The number of ether oxygens (including phenoxy) is 1. The van der Waals surface area contributed by atoms with E-state index in [4.69, 9.17) is 4.74 Å². The van der Waals surface area contributed by atoms with Gasteiger partial charge in [0.15, 0.2) is 0 Å². The van der Waals surface area contributed by atoms with Gasteiger partial charge in [0.2, 0.25) is 0 Å². The fourth-order valence-electron chi connectivity index (χ4n) is 3.15. The van der Waals surface area contributed by atoms with Crippen LogP contribution in [0.3, 0.4) is 0 Å². The molecule has 0 saturated carbocycles. The van der Waals surface area contributed by atoms with Gasteiger partial charge in [-0.25, -0.2) is 0 Å². The van der Waals surface area contributed by atoms with Crippen LogP contribution in [-0.2, 0) is 0 Å². The molecule has 1 fully saturated rings. The van der Waals surface area contributed by atoms with E-state index in [2.05, 4.69) is 58.9 Å². The smallest absolute Gasteiger partial charge is 0.119 e. The topological polar surface area (TPSA) is 24.5 Å². The average Bonchev–Trinajstić information content (AvgIpc) is 2.64. The van der Waals surface area contributed by atoms with Gasteiger partial charge in [-0.3, -0.25) is 4.90 Å². The van der Waals surface area contributed by atoms with E-state index in [1.807, 2.05) is 6.07 Å². The molecule has 122 valence electrons. The molecule has 1 N–H and O–H groups in total. The van der Waals surface area contributed by atoms with Crippen molar-refractivity contribution < 1.29 is 4.74 Å². The van der Waals surface area contributed by atoms with Crippen LogP contribution in [0.15, 0.2) is 53.4 Å². The van der Waals surface area contributed by atoms with Gasteiger partial charge >= 0.3 is 0 Å². The third kappa shape index (κ3) is 3.89. The lowest BCUT2D eigenvalue weighted by Gasteiger charge is -2.35. The Labute approximate surface area is 143 Å². The molecular weight excluding hydrogens is 304 g/mol. The quantitative estimate of drug-likeness (QED) is 0.850. The van der Waals surface area contributed by atoms with E-state index < -0.39 is 0 Å². The summed E-state index contributed by atoms with van der Waals surface area (Å²) in [7, 11) is 1.73. The van der Waals surface area contributed by atoms with E-state index in [0.717, 1.165) is 31.9 Å². The highest BCUT2D eigenvalue weighted by Gasteiger charge is 2.24. The number of thioether (sulfide) groups is 1. The van der Waals surface area contributed by atoms with Gasteiger partial charge in [-0.1, -0.05) is 24.3 Å². The van der Waals surface area contributed by atoms with Crippen molar-refractivity contribution in [3.8, 4) is 5.75 Å². The van der Waals surface area contributed by atoms with Gasteiger partial charge < -0.3 is 10.1 Å². The number of benzene rings is 2. The summed E-state index contributed by atoms with van der Waals surface area (Å²) in [5.74, 6) is 0.920. The number of hydrogen-bond donors (Lipinski definition) is 1. The Morgan fingerprint density at radius 1 is 1.04 bits per heavy atom. The predicted molar refractivity (Wildman–Crippen MR) is 97.5 cm³/mol. The first-order valence-corrected chi connectivity index (χ1v) is 9.27. The Kier molecular flexibility index (Phi) is 5.60. The number of nitrogens with zero attached hydrogens (tertiary/aromatic N) is 1. The third-order valence-corrected chi connectivity index (χ3v) is 5.10. The number of nitrogens with one attached hydrogen (secondary N) is 1. The molecule has 0 amide bonds. The van der Waals surface area contributed by atoms with Crippen LogP contribution in [0.4, 0.5) is 0 Å². The second-order valence-corrected chi connectivity index (χ2v) is 6.62. The molecule has 1 heterocycles. The molecule has 2 aromatic carbocycles. The summed E-state index contributed by atoms with van der Waals surface area (Å²) in [5.41, 5.74) is 2.64. The van der Waals surface area contributed by atoms with Crippen LogP contribution in [0, 0.1) is 0 Å². The van der Waals surface area contributed by atoms with Crippen LogP contribution in [0.1, 0.15) is 17.2 Å². The molecule has 0 aliphatic carbocycles. The van der Waals surface area contributed by atoms with E-state index >= 15 is 0 Å². The van der Waals surface area contributed by atoms with Crippen LogP contribution in [0.2, 0.25) is 0 Å². The molecule has 3 rings (SSSR count). The summed E-state index contributed by atoms with van der Waals surface area (Å²) < 4.78 is 5.43. The van der Waals surface area contributed by atoms with Crippen LogP contribution < -0.4 is 10.1 Å². The van der Waals surface area contributed by atoms with Crippen molar-refractivity contribution in [2.24, 2.45) is 0 Å². The Bertz CT molecular complexity index is 624. The largest absolute Gasteiger partial charge is 0.497 e. The normalized spacial score (nSPS) is 17.0. The molecule has 3 nitrogen and oxygen atoms in total. The molecule has 1 atom stereocenters. The maximum Gasteiger partial charge on any atom is 0.119 e. The second kappa shape index (κ2) is 7.86. The van der Waals surface area contributed by atoms with Crippen molar-refractivity contribution in [2.45, 2.75) is 10.9 Å². The minimum Gasteiger partial charge on any atom is -0.497 e. The molecule has 4 heteroatoms. The molecular formula is C19H24N2OS. The Balaban J connectivity index is 1.97. The average molecular weight is 328 g/mol. The Hall–Kier alpha value is -1.49. The minimum absolute atomic E-state index is 0.281. The van der Waals surface area contributed by atoms with Crippen molar-refractivity contribution in [1.82, 2.24) is 10.2 Å². The van der Waals surface area contributed by atoms with E-state index in [1.54, 1.807) is 18.9 Å². The van der Waals surface area contributed by atoms with Crippen LogP contribution in [0.5, 0.6) is 5.75 Å².